The molecule has 0 bridgehead atoms. The lowest BCUT2D eigenvalue weighted by molar-refractivity contribution is -0.294. The third kappa shape index (κ3) is 5.20. The van der Waals surface area contributed by atoms with Crippen molar-refractivity contribution in [3.05, 3.63) is 77.9 Å². The van der Waals surface area contributed by atoms with Crippen LogP contribution in [0.25, 0.3) is 5.70 Å². The largest absolute Gasteiger partial charge is 0.454 e. The van der Waals surface area contributed by atoms with Crippen molar-refractivity contribution in [1.82, 2.24) is 10.4 Å². The van der Waals surface area contributed by atoms with E-state index in [0.717, 1.165) is 0 Å². The van der Waals surface area contributed by atoms with E-state index in [1.54, 1.807) is 24.3 Å². The number of guanidine groups is 1. The molecule has 0 aliphatic carbocycles. The van der Waals surface area contributed by atoms with E-state index in [9.17, 15) is 36.2 Å². The van der Waals surface area contributed by atoms with Gasteiger partial charge < -0.3 is 10.8 Å². The van der Waals surface area contributed by atoms with Gasteiger partial charge in [-0.3, -0.25) is 10.2 Å². The first-order valence-corrected chi connectivity index (χ1v) is 9.52. The molecule has 0 radical (unpaired) electrons. The van der Waals surface area contributed by atoms with Gasteiger partial charge in [-0.1, -0.05) is 60.7 Å². The molecule has 0 saturated heterocycles. The molecule has 1 atom stereocenters. The van der Waals surface area contributed by atoms with Crippen LogP contribution in [0, 0.1) is 0 Å². The number of nitrogens with zero attached hydrogens (tertiary/aromatic N) is 3. The minimum absolute atomic E-state index is 0.0243. The van der Waals surface area contributed by atoms with Gasteiger partial charge in [0.15, 0.2) is 0 Å². The molecule has 1 aliphatic heterocycles. The third-order valence-corrected chi connectivity index (χ3v) is 4.69. The molecule has 2 aromatic rings. The predicted molar refractivity (Wildman–Crippen MR) is 111 cm³/mol. The van der Waals surface area contributed by atoms with Gasteiger partial charge >= 0.3 is 12.4 Å². The molecule has 1 unspecified atom stereocenters. The first-order chi connectivity index (χ1) is 15.8. The van der Waals surface area contributed by atoms with Crippen molar-refractivity contribution in [3.63, 3.8) is 0 Å². The molecule has 1 aliphatic rings. The van der Waals surface area contributed by atoms with E-state index >= 15 is 0 Å². The highest BCUT2D eigenvalue weighted by atomic mass is 19.4. The van der Waals surface area contributed by atoms with E-state index in [1.165, 1.54) is 36.4 Å². The zero-order chi connectivity index (χ0) is 25.1. The van der Waals surface area contributed by atoms with Crippen LogP contribution in [0.15, 0.2) is 76.9 Å². The van der Waals surface area contributed by atoms with Crippen molar-refractivity contribution in [2.45, 2.75) is 24.5 Å². The van der Waals surface area contributed by atoms with E-state index in [-0.39, 0.29) is 27.9 Å². The lowest BCUT2D eigenvalue weighted by Crippen LogP contribution is -2.58. The molecule has 3 rings (SSSR count). The quantitative estimate of drug-likeness (QED) is 0.198. The molecule has 2 aromatic carbocycles. The van der Waals surface area contributed by atoms with Crippen LogP contribution in [0.1, 0.15) is 17.5 Å². The van der Waals surface area contributed by atoms with Crippen LogP contribution in [-0.2, 0) is 4.79 Å². The number of hydrogen-bond donors (Lipinski definition) is 3. The molecule has 0 aromatic heterocycles. The molecule has 0 saturated carbocycles. The van der Waals surface area contributed by atoms with E-state index in [4.69, 9.17) is 5.73 Å². The normalized spacial score (nSPS) is 19.7. The summed E-state index contributed by atoms with van der Waals surface area (Å²) in [4.78, 5) is 11.4. The van der Waals surface area contributed by atoms with Crippen LogP contribution in [0.3, 0.4) is 0 Å². The first-order valence-electron chi connectivity index (χ1n) is 9.52. The maximum Gasteiger partial charge on any atom is 0.454 e. The summed E-state index contributed by atoms with van der Waals surface area (Å²) < 4.78 is 79.4. The SMILES string of the molecule is N/C(=N/N/C(=C/C(=O)C(F)(F)F)c1ccccc1)N1N=C(c2ccccc2)CC1(O)C(F)(F)F. The summed E-state index contributed by atoms with van der Waals surface area (Å²) in [5, 5.41) is 17.6. The van der Waals surface area contributed by atoms with Crippen molar-refractivity contribution in [1.29, 1.82) is 0 Å². The van der Waals surface area contributed by atoms with Crippen molar-refractivity contribution < 1.29 is 36.2 Å². The zero-order valence-electron chi connectivity index (χ0n) is 17.1. The van der Waals surface area contributed by atoms with Crippen LogP contribution in [0.5, 0.6) is 0 Å². The monoisotopic (exact) mass is 485 g/mol. The fourth-order valence-electron chi connectivity index (χ4n) is 2.97. The van der Waals surface area contributed by atoms with Crippen molar-refractivity contribution in [2.75, 3.05) is 0 Å². The third-order valence-electron chi connectivity index (χ3n) is 4.69. The van der Waals surface area contributed by atoms with Gasteiger partial charge in [0.1, 0.15) is 0 Å². The van der Waals surface area contributed by atoms with Gasteiger partial charge in [-0.05, 0) is 11.1 Å². The highest BCUT2D eigenvalue weighted by molar-refractivity contribution is 6.04. The number of carbonyl (C=O) groups is 1. The number of halogens is 6. The van der Waals surface area contributed by atoms with Gasteiger partial charge in [0.2, 0.25) is 5.96 Å². The highest BCUT2D eigenvalue weighted by Crippen LogP contribution is 2.41. The fourth-order valence-corrected chi connectivity index (χ4v) is 2.97. The number of nitrogens with one attached hydrogen (secondary N) is 1. The summed E-state index contributed by atoms with van der Waals surface area (Å²) in [6.07, 6.45) is -11.2. The molecule has 0 fully saturated rings. The van der Waals surface area contributed by atoms with Crippen LogP contribution in [0.4, 0.5) is 26.3 Å². The smallest absolute Gasteiger partial charge is 0.367 e. The Labute approximate surface area is 188 Å². The summed E-state index contributed by atoms with van der Waals surface area (Å²) in [7, 11) is 0. The maximum atomic E-state index is 13.7. The predicted octanol–water partition coefficient (Wildman–Crippen LogP) is 3.34. The lowest BCUT2D eigenvalue weighted by Gasteiger charge is -2.32. The Morgan fingerprint density at radius 2 is 1.62 bits per heavy atom. The number of carbonyl (C=O) groups excluding carboxylic acids is 1. The number of ketones is 1. The number of benzene rings is 2. The summed E-state index contributed by atoms with van der Waals surface area (Å²) in [6.45, 7) is 0. The molecule has 0 spiro atoms. The Kier molecular flexibility index (Phi) is 6.68. The highest BCUT2D eigenvalue weighted by Gasteiger charge is 2.62. The van der Waals surface area contributed by atoms with Crippen LogP contribution < -0.4 is 11.2 Å². The van der Waals surface area contributed by atoms with Gasteiger partial charge in [-0.15, -0.1) is 5.10 Å². The summed E-state index contributed by atoms with van der Waals surface area (Å²) in [5.41, 5.74) is 3.87. The number of allylic oxidation sites excluding steroid dienone is 1. The van der Waals surface area contributed by atoms with Gasteiger partial charge in [0, 0.05) is 6.08 Å². The van der Waals surface area contributed by atoms with E-state index in [1.807, 2.05) is 0 Å². The van der Waals surface area contributed by atoms with Gasteiger partial charge in [0.05, 0.1) is 17.8 Å². The van der Waals surface area contributed by atoms with E-state index < -0.39 is 41.9 Å². The van der Waals surface area contributed by atoms with Crippen LogP contribution in [-0.4, -0.2) is 45.6 Å². The number of nitrogens with two attached hydrogens (primary N) is 1. The van der Waals surface area contributed by atoms with E-state index in [2.05, 4.69) is 15.6 Å². The second-order valence-electron chi connectivity index (χ2n) is 7.08. The number of rotatable bonds is 5. The van der Waals surface area contributed by atoms with Crippen LogP contribution in [0.2, 0.25) is 0 Å². The molecule has 4 N–H and O–H groups in total. The molecular weight excluding hydrogens is 468 g/mol. The van der Waals surface area contributed by atoms with Gasteiger partial charge in [-0.25, -0.2) is 0 Å². The average Bonchev–Trinajstić information content (AvgIpc) is 3.16. The molecule has 180 valence electrons. The second kappa shape index (κ2) is 9.17. The molecular formula is C21H17F6N5O2. The van der Waals surface area contributed by atoms with Crippen molar-refractivity contribution in [2.24, 2.45) is 15.9 Å². The van der Waals surface area contributed by atoms with Crippen LogP contribution >= 0.6 is 0 Å². The van der Waals surface area contributed by atoms with Gasteiger partial charge in [0.25, 0.3) is 11.5 Å². The first kappa shape index (κ1) is 24.8. The Bertz CT molecular complexity index is 1130. The van der Waals surface area contributed by atoms with Crippen molar-refractivity contribution in [3.8, 4) is 0 Å². The standard InChI is InChI=1S/C21H17F6N5O2/c22-20(23,24)17(33)11-15(13-7-3-1-4-8-13)29-30-18(28)32-19(34,21(25,26)27)12-16(31-32)14-9-5-2-6-10-14/h1-11,29,34H,12H2,(H2,28,30)/b15-11+. The second-order valence-corrected chi connectivity index (χ2v) is 7.08. The molecule has 7 nitrogen and oxygen atoms in total. The fraction of sp³-hybridized carbons (Fsp3) is 0.190. The lowest BCUT2D eigenvalue weighted by atomic mass is 10.0. The minimum Gasteiger partial charge on any atom is -0.367 e. The molecule has 0 amide bonds. The number of hydrazone groups is 2. The topological polar surface area (TPSA) is 103 Å². The summed E-state index contributed by atoms with van der Waals surface area (Å²) >= 11 is 0. The Hall–Kier alpha value is -3.87. The van der Waals surface area contributed by atoms with E-state index in [0.29, 0.717) is 0 Å². The Balaban J connectivity index is 1.98. The molecule has 1 heterocycles. The minimum atomic E-state index is -5.22. The maximum absolute atomic E-state index is 13.7. The average molecular weight is 485 g/mol. The number of alkyl halides is 6. The number of aliphatic hydroxyl groups is 1. The Morgan fingerprint density at radius 1 is 1.06 bits per heavy atom. The zero-order valence-corrected chi connectivity index (χ0v) is 17.1. The Morgan fingerprint density at radius 3 is 2.15 bits per heavy atom. The van der Waals surface area contributed by atoms with Crippen molar-refractivity contribution >= 4 is 23.2 Å². The number of hydrogen-bond acceptors (Lipinski definition) is 5. The summed E-state index contributed by atoms with van der Waals surface area (Å²) in [6, 6.07) is 14.8. The van der Waals surface area contributed by atoms with Gasteiger partial charge in [-0.2, -0.15) is 36.5 Å². The summed E-state index contributed by atoms with van der Waals surface area (Å²) in [5.74, 6) is -3.24. The molecule has 13 heteroatoms. The molecule has 34 heavy (non-hydrogen) atoms.